The number of carbonyl (C=O) groups excluding carboxylic acids is 3. The van der Waals surface area contributed by atoms with Gasteiger partial charge in [0.05, 0.1) is 0 Å². The number of nitrogens with one attached hydrogen (secondary N) is 1. The van der Waals surface area contributed by atoms with Crippen LogP contribution in [0.2, 0.25) is 0 Å². The summed E-state index contributed by atoms with van der Waals surface area (Å²) in [5, 5.41) is 12.4. The van der Waals surface area contributed by atoms with Gasteiger partial charge in [0.2, 0.25) is 5.91 Å². The zero-order valence-corrected chi connectivity index (χ0v) is 11.6. The van der Waals surface area contributed by atoms with E-state index < -0.39 is 11.6 Å². The number of ketones is 1. The number of hydrogen-bond acceptors (Lipinski definition) is 5. The van der Waals surface area contributed by atoms with Gasteiger partial charge in [-0.15, -0.1) is 0 Å². The molecular weight excluding hydrogens is 262 g/mol. The van der Waals surface area contributed by atoms with Gasteiger partial charge < -0.3 is 15.2 Å². The number of benzene rings is 1. The summed E-state index contributed by atoms with van der Waals surface area (Å²) >= 11 is 0. The van der Waals surface area contributed by atoms with E-state index in [1.54, 1.807) is 12.1 Å². The Morgan fingerprint density at radius 1 is 1.20 bits per heavy atom. The Labute approximate surface area is 116 Å². The van der Waals surface area contributed by atoms with Crippen molar-refractivity contribution < 1.29 is 24.2 Å². The van der Waals surface area contributed by atoms with E-state index in [-0.39, 0.29) is 23.9 Å². The van der Waals surface area contributed by atoms with Gasteiger partial charge >= 0.3 is 5.97 Å². The number of hydrogen-bond donors (Lipinski definition) is 2. The molecule has 1 aromatic rings. The predicted octanol–water partition coefficient (Wildman–Crippen LogP) is 1.28. The van der Waals surface area contributed by atoms with Gasteiger partial charge in [-0.05, 0) is 38.1 Å². The molecule has 1 atom stereocenters. The molecule has 6 nitrogen and oxygen atoms in total. The number of aliphatic hydroxyl groups is 1. The van der Waals surface area contributed by atoms with E-state index in [9.17, 15) is 19.5 Å². The van der Waals surface area contributed by atoms with Crippen LogP contribution in [0, 0.1) is 0 Å². The van der Waals surface area contributed by atoms with Crippen molar-refractivity contribution in [3.63, 3.8) is 0 Å². The van der Waals surface area contributed by atoms with E-state index in [2.05, 4.69) is 5.32 Å². The summed E-state index contributed by atoms with van der Waals surface area (Å²) in [4.78, 5) is 33.5. The van der Waals surface area contributed by atoms with Gasteiger partial charge in [0.15, 0.2) is 5.60 Å². The van der Waals surface area contributed by atoms with Crippen LogP contribution >= 0.6 is 0 Å². The first-order valence-corrected chi connectivity index (χ1v) is 6.02. The van der Waals surface area contributed by atoms with Crippen LogP contribution in [0.25, 0.3) is 0 Å². The van der Waals surface area contributed by atoms with Crippen LogP contribution in [0.1, 0.15) is 27.2 Å². The quantitative estimate of drug-likeness (QED) is 0.625. The van der Waals surface area contributed by atoms with E-state index in [0.717, 1.165) is 0 Å². The molecule has 0 unspecified atom stereocenters. The molecule has 1 aromatic carbocycles. The first-order valence-electron chi connectivity index (χ1n) is 6.02. The van der Waals surface area contributed by atoms with Gasteiger partial charge in [0, 0.05) is 19.0 Å². The molecule has 0 aliphatic carbocycles. The Morgan fingerprint density at radius 3 is 2.20 bits per heavy atom. The number of esters is 1. The minimum atomic E-state index is -1.86. The molecule has 0 heterocycles. The topological polar surface area (TPSA) is 92.7 Å². The minimum Gasteiger partial charge on any atom is -0.424 e. The summed E-state index contributed by atoms with van der Waals surface area (Å²) in [6.45, 7) is 3.89. The molecule has 0 aliphatic rings. The van der Waals surface area contributed by atoms with Crippen molar-refractivity contribution in [2.75, 3.05) is 5.32 Å². The zero-order valence-electron chi connectivity index (χ0n) is 11.6. The fourth-order valence-electron chi connectivity index (χ4n) is 1.58. The molecular formula is C14H17NO5. The Morgan fingerprint density at radius 2 is 1.75 bits per heavy atom. The summed E-state index contributed by atoms with van der Waals surface area (Å²) in [6, 6.07) is 6.08. The molecule has 0 radical (unpaired) electrons. The summed E-state index contributed by atoms with van der Waals surface area (Å²) < 4.78 is 4.99. The van der Waals surface area contributed by atoms with E-state index in [1.165, 1.54) is 32.9 Å². The lowest BCUT2D eigenvalue weighted by Crippen LogP contribution is -2.40. The van der Waals surface area contributed by atoms with Crippen LogP contribution in [-0.4, -0.2) is 28.4 Å². The highest BCUT2D eigenvalue weighted by molar-refractivity contribution is 5.89. The molecule has 0 aromatic heterocycles. The normalized spacial score (nSPS) is 13.2. The number of rotatable bonds is 5. The predicted molar refractivity (Wildman–Crippen MR) is 72.3 cm³/mol. The summed E-state index contributed by atoms with van der Waals surface area (Å²) in [5.74, 6) is -1.21. The average molecular weight is 279 g/mol. The molecule has 6 heteroatoms. The summed E-state index contributed by atoms with van der Waals surface area (Å²) in [6.07, 6.45) is -0.310. The second kappa shape index (κ2) is 6.29. The Balaban J connectivity index is 2.71. The molecule has 0 saturated heterocycles. The van der Waals surface area contributed by atoms with Crippen LogP contribution in [0.5, 0.6) is 5.75 Å². The highest BCUT2D eigenvalue weighted by Gasteiger charge is 2.33. The van der Waals surface area contributed by atoms with Crippen LogP contribution in [-0.2, 0) is 14.4 Å². The highest BCUT2D eigenvalue weighted by atomic mass is 16.6. The van der Waals surface area contributed by atoms with Gasteiger partial charge in [0.1, 0.15) is 11.5 Å². The maximum Gasteiger partial charge on any atom is 0.343 e. The van der Waals surface area contributed by atoms with Crippen molar-refractivity contribution in [1.82, 2.24) is 0 Å². The van der Waals surface area contributed by atoms with Gasteiger partial charge in [-0.1, -0.05) is 0 Å². The van der Waals surface area contributed by atoms with Crippen LogP contribution in [0.3, 0.4) is 0 Å². The average Bonchev–Trinajstić information content (AvgIpc) is 2.29. The molecule has 2 N–H and O–H groups in total. The number of ether oxygens (including phenoxy) is 1. The lowest BCUT2D eigenvalue weighted by Gasteiger charge is -2.19. The third-order valence-corrected chi connectivity index (χ3v) is 2.42. The van der Waals surface area contributed by atoms with Crippen molar-refractivity contribution in [2.24, 2.45) is 0 Å². The second-order valence-corrected chi connectivity index (χ2v) is 4.75. The van der Waals surface area contributed by atoms with Crippen molar-refractivity contribution in [1.29, 1.82) is 0 Å². The fourth-order valence-corrected chi connectivity index (χ4v) is 1.58. The van der Waals surface area contributed by atoms with Crippen molar-refractivity contribution in [2.45, 2.75) is 32.8 Å². The number of Topliss-reactive ketones (excluding diaryl/α,β-unsaturated/α-hetero) is 1. The number of anilines is 1. The van der Waals surface area contributed by atoms with Crippen molar-refractivity contribution in [3.8, 4) is 5.75 Å². The Hall–Kier alpha value is -2.21. The van der Waals surface area contributed by atoms with E-state index >= 15 is 0 Å². The van der Waals surface area contributed by atoms with E-state index in [4.69, 9.17) is 4.74 Å². The second-order valence-electron chi connectivity index (χ2n) is 4.75. The van der Waals surface area contributed by atoms with Crippen LogP contribution in [0.4, 0.5) is 5.69 Å². The first-order chi connectivity index (χ1) is 9.20. The van der Waals surface area contributed by atoms with Gasteiger partial charge in [-0.3, -0.25) is 9.59 Å². The lowest BCUT2D eigenvalue weighted by molar-refractivity contribution is -0.156. The van der Waals surface area contributed by atoms with Crippen molar-refractivity contribution in [3.05, 3.63) is 24.3 Å². The van der Waals surface area contributed by atoms with Gasteiger partial charge in [0.25, 0.3) is 0 Å². The molecule has 0 bridgehead atoms. The number of carbonyl (C=O) groups is 3. The maximum absolute atomic E-state index is 11.7. The smallest absolute Gasteiger partial charge is 0.343 e. The molecule has 108 valence electrons. The monoisotopic (exact) mass is 279 g/mol. The number of amides is 1. The van der Waals surface area contributed by atoms with Crippen LogP contribution < -0.4 is 10.1 Å². The van der Waals surface area contributed by atoms with E-state index in [0.29, 0.717) is 5.69 Å². The zero-order chi connectivity index (χ0) is 15.3. The molecule has 0 fully saturated rings. The molecule has 1 amide bonds. The van der Waals surface area contributed by atoms with Crippen molar-refractivity contribution >= 4 is 23.3 Å². The van der Waals surface area contributed by atoms with E-state index in [1.807, 2.05) is 0 Å². The largest absolute Gasteiger partial charge is 0.424 e. The molecule has 0 aliphatic heterocycles. The van der Waals surface area contributed by atoms with Crippen LogP contribution in [0.15, 0.2) is 24.3 Å². The molecule has 1 rings (SSSR count). The standard InChI is InChI=1S/C14H17NO5/c1-9(16)8-14(3,19)13(18)20-12-6-4-11(5-7-12)15-10(2)17/h4-7,19H,8H2,1-3H3,(H,15,17)/t14-/m1/s1. The third-order valence-electron chi connectivity index (χ3n) is 2.42. The first kappa shape index (κ1) is 15.8. The third kappa shape index (κ3) is 4.81. The molecule has 20 heavy (non-hydrogen) atoms. The molecule has 0 spiro atoms. The Kier molecular flexibility index (Phi) is 4.99. The summed E-state index contributed by atoms with van der Waals surface area (Å²) in [5.41, 5.74) is -1.30. The SMILES string of the molecule is CC(=O)C[C@@](C)(O)C(=O)Oc1ccc(NC(C)=O)cc1. The Bertz CT molecular complexity index is 519. The molecule has 0 saturated carbocycles. The minimum absolute atomic E-state index is 0.209. The maximum atomic E-state index is 11.7. The summed E-state index contributed by atoms with van der Waals surface area (Å²) in [7, 11) is 0. The van der Waals surface area contributed by atoms with Gasteiger partial charge in [-0.2, -0.15) is 0 Å². The van der Waals surface area contributed by atoms with Gasteiger partial charge in [-0.25, -0.2) is 4.79 Å². The lowest BCUT2D eigenvalue weighted by atomic mass is 10.0. The highest BCUT2D eigenvalue weighted by Crippen LogP contribution is 2.19. The fraction of sp³-hybridized carbons (Fsp3) is 0.357.